The van der Waals surface area contributed by atoms with Gasteiger partial charge in [0, 0.05) is 25.2 Å². The predicted molar refractivity (Wildman–Crippen MR) is 59.3 cm³/mol. The lowest BCUT2D eigenvalue weighted by Gasteiger charge is -2.12. The predicted octanol–water partition coefficient (Wildman–Crippen LogP) is -1.35. The number of amides is 1. The maximum absolute atomic E-state index is 11.6. The first-order chi connectivity index (χ1) is 8.43. The van der Waals surface area contributed by atoms with Crippen molar-refractivity contribution < 1.29 is 24.9 Å². The Morgan fingerprint density at radius 3 is 2.56 bits per heavy atom. The van der Waals surface area contributed by atoms with Crippen LogP contribution in [0.25, 0.3) is 0 Å². The van der Waals surface area contributed by atoms with Gasteiger partial charge >= 0.3 is 5.97 Å². The number of aromatic hydroxyl groups is 1. The molecule has 1 heterocycles. The van der Waals surface area contributed by atoms with Gasteiger partial charge in [0.25, 0.3) is 11.5 Å². The summed E-state index contributed by atoms with van der Waals surface area (Å²) in [6, 6.07) is 0.658. The number of carbonyl (C=O) groups is 2. The molecule has 0 spiro atoms. The summed E-state index contributed by atoms with van der Waals surface area (Å²) in [5, 5.41) is 28.6. The summed E-state index contributed by atoms with van der Waals surface area (Å²) in [5.41, 5.74) is -0.852. The van der Waals surface area contributed by atoms with Crippen LogP contribution in [-0.4, -0.2) is 44.8 Å². The van der Waals surface area contributed by atoms with Crippen LogP contribution in [0, 0.1) is 0 Å². The molecule has 1 amide bonds. The summed E-state index contributed by atoms with van der Waals surface area (Å²) in [6.07, 6.45) is -0.157. The number of aromatic nitrogens is 1. The van der Waals surface area contributed by atoms with Gasteiger partial charge in [-0.3, -0.25) is 14.6 Å². The van der Waals surface area contributed by atoms with Crippen LogP contribution in [0.15, 0.2) is 16.9 Å². The van der Waals surface area contributed by atoms with Crippen LogP contribution in [0.2, 0.25) is 0 Å². The van der Waals surface area contributed by atoms with Gasteiger partial charge in [-0.15, -0.1) is 0 Å². The maximum atomic E-state index is 11.6. The van der Waals surface area contributed by atoms with Crippen molar-refractivity contribution in [3.05, 3.63) is 28.0 Å². The molecule has 8 heteroatoms. The quantitative estimate of drug-likeness (QED) is 0.441. The minimum Gasteiger partial charge on any atom is -0.494 e. The topological polar surface area (TPSA) is 140 Å². The van der Waals surface area contributed by atoms with Crippen LogP contribution in [0.3, 0.4) is 0 Å². The number of aliphatic hydroxyl groups is 1. The van der Waals surface area contributed by atoms with Crippen molar-refractivity contribution in [1.82, 2.24) is 10.3 Å². The molecule has 0 bridgehead atoms. The standard InChI is InChI=1S/C10H12N2O6/c13-2-1-6(10(17)18)11-9(16)5-3-7(14)12-8(15)4-5/h3-4,6,13H,1-2H2,(H,11,16)(H,17,18)(H2,12,14,15)/t6-/m0/s1. The summed E-state index contributed by atoms with van der Waals surface area (Å²) in [5.74, 6) is -2.62. The fourth-order valence-corrected chi connectivity index (χ4v) is 1.29. The lowest BCUT2D eigenvalue weighted by molar-refractivity contribution is -0.139. The van der Waals surface area contributed by atoms with Crippen LogP contribution in [0.1, 0.15) is 16.8 Å². The first-order valence-corrected chi connectivity index (χ1v) is 5.02. The highest BCUT2D eigenvalue weighted by molar-refractivity contribution is 5.96. The third-order valence-corrected chi connectivity index (χ3v) is 2.11. The Labute approximate surface area is 101 Å². The first kappa shape index (κ1) is 13.7. The van der Waals surface area contributed by atoms with Crippen molar-refractivity contribution in [1.29, 1.82) is 0 Å². The highest BCUT2D eigenvalue weighted by atomic mass is 16.4. The molecule has 1 aromatic rings. The van der Waals surface area contributed by atoms with Crippen molar-refractivity contribution in [3.63, 3.8) is 0 Å². The van der Waals surface area contributed by atoms with E-state index in [9.17, 15) is 14.4 Å². The third kappa shape index (κ3) is 3.59. The van der Waals surface area contributed by atoms with E-state index in [2.05, 4.69) is 5.32 Å². The molecule has 0 fully saturated rings. The van der Waals surface area contributed by atoms with Crippen molar-refractivity contribution >= 4 is 11.9 Å². The van der Waals surface area contributed by atoms with E-state index in [0.29, 0.717) is 0 Å². The van der Waals surface area contributed by atoms with Crippen LogP contribution < -0.4 is 10.9 Å². The molecule has 1 atom stereocenters. The zero-order valence-corrected chi connectivity index (χ0v) is 9.21. The maximum Gasteiger partial charge on any atom is 0.326 e. The number of pyridine rings is 1. The Hall–Kier alpha value is -2.35. The molecule has 0 aliphatic carbocycles. The average molecular weight is 256 g/mol. The van der Waals surface area contributed by atoms with Gasteiger partial charge in [0.2, 0.25) is 0 Å². The van der Waals surface area contributed by atoms with Crippen molar-refractivity contribution in [2.75, 3.05) is 6.61 Å². The van der Waals surface area contributed by atoms with E-state index in [1.165, 1.54) is 0 Å². The summed E-state index contributed by atoms with van der Waals surface area (Å²) < 4.78 is 0. The molecule has 0 aliphatic rings. The summed E-state index contributed by atoms with van der Waals surface area (Å²) in [4.78, 5) is 35.4. The summed E-state index contributed by atoms with van der Waals surface area (Å²) >= 11 is 0. The van der Waals surface area contributed by atoms with E-state index >= 15 is 0 Å². The molecule has 0 aliphatic heterocycles. The molecule has 8 nitrogen and oxygen atoms in total. The van der Waals surface area contributed by atoms with Crippen LogP contribution in [0.4, 0.5) is 0 Å². The Bertz CT molecular complexity index is 509. The summed E-state index contributed by atoms with van der Waals surface area (Å²) in [7, 11) is 0. The Morgan fingerprint density at radius 2 is 2.06 bits per heavy atom. The second-order valence-electron chi connectivity index (χ2n) is 3.50. The Balaban J connectivity index is 2.86. The van der Waals surface area contributed by atoms with Crippen molar-refractivity contribution in [2.45, 2.75) is 12.5 Å². The highest BCUT2D eigenvalue weighted by Gasteiger charge is 2.20. The molecule has 0 saturated carbocycles. The van der Waals surface area contributed by atoms with E-state index < -0.39 is 36.0 Å². The normalized spacial score (nSPS) is 11.8. The number of carboxylic acid groups (broad SMARTS) is 1. The van der Waals surface area contributed by atoms with Gasteiger partial charge in [-0.1, -0.05) is 0 Å². The van der Waals surface area contributed by atoms with Crippen molar-refractivity contribution in [2.24, 2.45) is 0 Å². The molecular weight excluding hydrogens is 244 g/mol. The zero-order chi connectivity index (χ0) is 13.7. The smallest absolute Gasteiger partial charge is 0.326 e. The molecule has 1 rings (SSSR count). The number of rotatable bonds is 5. The minimum atomic E-state index is -1.30. The first-order valence-electron chi connectivity index (χ1n) is 5.02. The molecule has 18 heavy (non-hydrogen) atoms. The van der Waals surface area contributed by atoms with E-state index in [1.807, 2.05) is 4.98 Å². The van der Waals surface area contributed by atoms with Crippen LogP contribution >= 0.6 is 0 Å². The number of aliphatic hydroxyl groups excluding tert-OH is 1. The SMILES string of the molecule is O=C(N[C@@H](CCO)C(=O)O)c1cc(O)[nH]c(=O)c1. The largest absolute Gasteiger partial charge is 0.494 e. The molecule has 0 radical (unpaired) electrons. The van der Waals surface area contributed by atoms with Gasteiger partial charge in [-0.2, -0.15) is 0 Å². The number of carboxylic acids is 1. The monoisotopic (exact) mass is 256 g/mol. The number of carbonyl (C=O) groups excluding carboxylic acids is 1. The molecule has 1 aromatic heterocycles. The number of aliphatic carboxylic acids is 1. The minimum absolute atomic E-state index is 0.157. The van der Waals surface area contributed by atoms with Gasteiger partial charge in [0.15, 0.2) is 5.88 Å². The third-order valence-electron chi connectivity index (χ3n) is 2.11. The molecule has 0 unspecified atom stereocenters. The lowest BCUT2D eigenvalue weighted by atomic mass is 10.2. The summed E-state index contributed by atoms with van der Waals surface area (Å²) in [6.45, 7) is -0.405. The van der Waals surface area contributed by atoms with Gasteiger partial charge in [-0.25, -0.2) is 4.79 Å². The fraction of sp³-hybridized carbons (Fsp3) is 0.300. The van der Waals surface area contributed by atoms with E-state index in [4.69, 9.17) is 15.3 Å². The number of nitrogens with one attached hydrogen (secondary N) is 2. The molecule has 0 aromatic carbocycles. The second kappa shape index (κ2) is 5.82. The van der Waals surface area contributed by atoms with E-state index in [0.717, 1.165) is 12.1 Å². The van der Waals surface area contributed by atoms with Crippen LogP contribution in [-0.2, 0) is 4.79 Å². The van der Waals surface area contributed by atoms with Crippen LogP contribution in [0.5, 0.6) is 5.88 Å². The zero-order valence-electron chi connectivity index (χ0n) is 9.21. The average Bonchev–Trinajstić information content (AvgIpc) is 2.26. The van der Waals surface area contributed by atoms with E-state index in [-0.39, 0.29) is 12.0 Å². The molecule has 98 valence electrons. The Morgan fingerprint density at radius 1 is 1.39 bits per heavy atom. The molecular formula is C10H12N2O6. The lowest BCUT2D eigenvalue weighted by Crippen LogP contribution is -2.41. The molecule has 0 saturated heterocycles. The number of aromatic amines is 1. The molecule has 5 N–H and O–H groups in total. The second-order valence-corrected chi connectivity index (χ2v) is 3.50. The number of H-pyrrole nitrogens is 1. The number of hydrogen-bond acceptors (Lipinski definition) is 5. The van der Waals surface area contributed by atoms with Gasteiger partial charge in [0.05, 0.1) is 5.56 Å². The fourth-order valence-electron chi connectivity index (χ4n) is 1.29. The Kier molecular flexibility index (Phi) is 4.44. The van der Waals surface area contributed by atoms with Gasteiger partial charge in [0.1, 0.15) is 6.04 Å². The number of hydrogen-bond donors (Lipinski definition) is 5. The van der Waals surface area contributed by atoms with Gasteiger partial charge in [-0.05, 0) is 0 Å². The highest BCUT2D eigenvalue weighted by Crippen LogP contribution is 2.05. The van der Waals surface area contributed by atoms with Gasteiger partial charge < -0.3 is 20.6 Å². The van der Waals surface area contributed by atoms with E-state index in [1.54, 1.807) is 0 Å². The van der Waals surface area contributed by atoms with Crippen molar-refractivity contribution in [3.8, 4) is 5.88 Å².